The van der Waals surface area contributed by atoms with Gasteiger partial charge in [-0.15, -0.1) is 5.10 Å². The fourth-order valence-corrected chi connectivity index (χ4v) is 3.23. The van der Waals surface area contributed by atoms with Crippen LogP contribution in [0.4, 0.5) is 0 Å². The van der Waals surface area contributed by atoms with Gasteiger partial charge in [0.25, 0.3) is 5.91 Å². The zero-order chi connectivity index (χ0) is 14.7. The molecular weight excluding hydrogens is 288 g/mol. The molecule has 2 aromatic rings. The quantitative estimate of drug-likeness (QED) is 0.915. The Balaban J connectivity index is 1.67. The molecule has 6 nitrogen and oxygen atoms in total. The highest BCUT2D eigenvalue weighted by atomic mass is 32.1. The summed E-state index contributed by atoms with van der Waals surface area (Å²) < 4.78 is 9.34. The molecule has 1 amide bonds. The summed E-state index contributed by atoms with van der Waals surface area (Å²) in [6, 6.07) is 3.94. The summed E-state index contributed by atoms with van der Waals surface area (Å²) in [5.74, 6) is 0.787. The lowest BCUT2D eigenvalue weighted by Crippen LogP contribution is -2.36. The number of aryl methyl sites for hydroxylation is 1. The number of carbonyl (C=O) groups excluding carboxylic acids is 1. The van der Waals surface area contributed by atoms with Gasteiger partial charge in [-0.05, 0) is 56.5 Å². The van der Waals surface area contributed by atoms with Crippen LogP contribution < -0.4 is 5.32 Å². The van der Waals surface area contributed by atoms with E-state index in [1.54, 1.807) is 13.2 Å². The Labute approximate surface area is 127 Å². The third kappa shape index (κ3) is 3.14. The lowest BCUT2D eigenvalue weighted by atomic mass is 10.2. The highest BCUT2D eigenvalue weighted by Crippen LogP contribution is 2.25. The van der Waals surface area contributed by atoms with Gasteiger partial charge in [-0.25, -0.2) is 0 Å². The summed E-state index contributed by atoms with van der Waals surface area (Å²) in [6.07, 6.45) is 4.07. The summed E-state index contributed by atoms with van der Waals surface area (Å²) in [5, 5.41) is 6.85. The SMILES string of the molecule is Cc1nnsc1C(=O)NC[C@H](c1ccco1)N1CCCC1. The van der Waals surface area contributed by atoms with Gasteiger partial charge in [0.2, 0.25) is 0 Å². The molecule has 1 aliphatic rings. The molecule has 112 valence electrons. The molecule has 0 radical (unpaired) electrons. The molecule has 0 spiro atoms. The third-order valence-electron chi connectivity index (χ3n) is 3.77. The van der Waals surface area contributed by atoms with Crippen LogP contribution in [0.1, 0.15) is 40.0 Å². The fraction of sp³-hybridized carbons (Fsp3) is 0.500. The molecule has 2 aromatic heterocycles. The number of amides is 1. The summed E-state index contributed by atoms with van der Waals surface area (Å²) in [4.78, 5) is 15.1. The molecule has 3 heterocycles. The molecule has 3 rings (SSSR count). The number of aromatic nitrogens is 2. The van der Waals surface area contributed by atoms with Gasteiger partial charge in [-0.2, -0.15) is 0 Å². The lowest BCUT2D eigenvalue weighted by Gasteiger charge is -2.25. The van der Waals surface area contributed by atoms with Crippen molar-refractivity contribution in [1.29, 1.82) is 0 Å². The predicted octanol–water partition coefficient (Wildman–Crippen LogP) is 2.01. The topological polar surface area (TPSA) is 71.3 Å². The molecule has 0 unspecified atom stereocenters. The van der Waals surface area contributed by atoms with Crippen LogP contribution in [-0.2, 0) is 0 Å². The second kappa shape index (κ2) is 6.36. The van der Waals surface area contributed by atoms with E-state index in [1.165, 1.54) is 12.8 Å². The second-order valence-electron chi connectivity index (χ2n) is 5.17. The first-order valence-corrected chi connectivity index (χ1v) is 7.87. The van der Waals surface area contributed by atoms with Gasteiger partial charge in [0.05, 0.1) is 18.0 Å². The summed E-state index contributed by atoms with van der Waals surface area (Å²) in [5.41, 5.74) is 0.674. The highest BCUT2D eigenvalue weighted by Gasteiger charge is 2.26. The summed E-state index contributed by atoms with van der Waals surface area (Å²) in [6.45, 7) is 4.41. The maximum atomic E-state index is 12.2. The molecule has 7 heteroatoms. The number of furan rings is 1. The number of likely N-dealkylation sites (tertiary alicyclic amines) is 1. The van der Waals surface area contributed by atoms with E-state index in [9.17, 15) is 4.79 Å². The smallest absolute Gasteiger partial charge is 0.265 e. The van der Waals surface area contributed by atoms with Crippen LogP contribution in [0.3, 0.4) is 0 Å². The van der Waals surface area contributed by atoms with Gasteiger partial charge in [-0.1, -0.05) is 4.49 Å². The van der Waals surface area contributed by atoms with Crippen molar-refractivity contribution < 1.29 is 9.21 Å². The maximum absolute atomic E-state index is 12.2. The van der Waals surface area contributed by atoms with Crippen LogP contribution >= 0.6 is 11.5 Å². The van der Waals surface area contributed by atoms with Crippen molar-refractivity contribution >= 4 is 17.4 Å². The van der Waals surface area contributed by atoms with Crippen LogP contribution in [0.5, 0.6) is 0 Å². The van der Waals surface area contributed by atoms with Crippen LogP contribution in [0.15, 0.2) is 22.8 Å². The number of rotatable bonds is 5. The van der Waals surface area contributed by atoms with Gasteiger partial charge >= 0.3 is 0 Å². The first-order valence-electron chi connectivity index (χ1n) is 7.10. The minimum absolute atomic E-state index is 0.0904. The highest BCUT2D eigenvalue weighted by molar-refractivity contribution is 7.07. The Bertz CT molecular complexity index is 590. The molecule has 0 aromatic carbocycles. The molecular formula is C14H18N4O2S. The Kier molecular flexibility index (Phi) is 4.31. The Morgan fingerprint density at radius 1 is 1.52 bits per heavy atom. The van der Waals surface area contributed by atoms with Crippen molar-refractivity contribution in [2.75, 3.05) is 19.6 Å². The van der Waals surface area contributed by atoms with Crippen molar-refractivity contribution in [3.63, 3.8) is 0 Å². The van der Waals surface area contributed by atoms with E-state index in [2.05, 4.69) is 19.8 Å². The van der Waals surface area contributed by atoms with Crippen molar-refractivity contribution in [3.05, 3.63) is 34.7 Å². The average Bonchev–Trinajstić information content (AvgIpc) is 3.21. The first kappa shape index (κ1) is 14.2. The summed E-state index contributed by atoms with van der Waals surface area (Å²) in [7, 11) is 0. The van der Waals surface area contributed by atoms with E-state index in [1.807, 2.05) is 12.1 Å². The molecule has 1 N–H and O–H groups in total. The van der Waals surface area contributed by atoms with E-state index >= 15 is 0 Å². The molecule has 1 atom stereocenters. The number of hydrogen-bond acceptors (Lipinski definition) is 6. The third-order valence-corrected chi connectivity index (χ3v) is 4.59. The average molecular weight is 306 g/mol. The van der Waals surface area contributed by atoms with Crippen molar-refractivity contribution in [3.8, 4) is 0 Å². The number of nitrogens with one attached hydrogen (secondary N) is 1. The number of nitrogens with zero attached hydrogens (tertiary/aromatic N) is 3. The maximum Gasteiger partial charge on any atom is 0.265 e. The molecule has 0 bridgehead atoms. The Hall–Kier alpha value is -1.73. The van der Waals surface area contributed by atoms with Gasteiger partial charge in [0, 0.05) is 6.54 Å². The minimum atomic E-state index is -0.113. The zero-order valence-corrected chi connectivity index (χ0v) is 12.7. The molecule has 0 aliphatic carbocycles. The van der Waals surface area contributed by atoms with E-state index < -0.39 is 0 Å². The Morgan fingerprint density at radius 3 is 2.95 bits per heavy atom. The number of hydrogen-bond donors (Lipinski definition) is 1. The van der Waals surface area contributed by atoms with Crippen LogP contribution in [0.25, 0.3) is 0 Å². The molecule has 1 saturated heterocycles. The zero-order valence-electron chi connectivity index (χ0n) is 11.9. The van der Waals surface area contributed by atoms with Crippen LogP contribution in [0, 0.1) is 6.92 Å². The molecule has 1 aliphatic heterocycles. The van der Waals surface area contributed by atoms with Gasteiger partial charge in [0.1, 0.15) is 10.6 Å². The molecule has 21 heavy (non-hydrogen) atoms. The Morgan fingerprint density at radius 2 is 2.33 bits per heavy atom. The standard InChI is InChI=1S/C14H18N4O2S/c1-10-13(21-17-16-10)14(19)15-9-11(12-5-4-8-20-12)18-6-2-3-7-18/h4-5,8,11H,2-3,6-7,9H2,1H3,(H,15,19)/t11-/m1/s1. The van der Waals surface area contributed by atoms with E-state index in [0.29, 0.717) is 17.1 Å². The van der Waals surface area contributed by atoms with Gasteiger partial charge in [0.15, 0.2) is 0 Å². The normalized spacial score (nSPS) is 17.0. The van der Waals surface area contributed by atoms with Crippen LogP contribution in [0.2, 0.25) is 0 Å². The van der Waals surface area contributed by atoms with E-state index in [-0.39, 0.29) is 11.9 Å². The largest absolute Gasteiger partial charge is 0.468 e. The van der Waals surface area contributed by atoms with Gasteiger partial charge < -0.3 is 9.73 Å². The van der Waals surface area contributed by atoms with Crippen molar-refractivity contribution in [2.24, 2.45) is 0 Å². The monoisotopic (exact) mass is 306 g/mol. The first-order chi connectivity index (χ1) is 10.3. The fourth-order valence-electron chi connectivity index (χ4n) is 2.65. The summed E-state index contributed by atoms with van der Waals surface area (Å²) >= 11 is 1.13. The lowest BCUT2D eigenvalue weighted by molar-refractivity contribution is 0.0937. The van der Waals surface area contributed by atoms with E-state index in [4.69, 9.17) is 4.42 Å². The minimum Gasteiger partial charge on any atom is -0.468 e. The molecule has 0 saturated carbocycles. The predicted molar refractivity (Wildman–Crippen MR) is 79.2 cm³/mol. The number of carbonyl (C=O) groups is 1. The van der Waals surface area contributed by atoms with Crippen molar-refractivity contribution in [1.82, 2.24) is 19.8 Å². The van der Waals surface area contributed by atoms with Crippen LogP contribution in [-0.4, -0.2) is 40.0 Å². The second-order valence-corrected chi connectivity index (χ2v) is 5.93. The molecule has 1 fully saturated rings. The van der Waals surface area contributed by atoms with Crippen molar-refractivity contribution in [2.45, 2.75) is 25.8 Å². The van der Waals surface area contributed by atoms with E-state index in [0.717, 1.165) is 30.4 Å². The van der Waals surface area contributed by atoms with Gasteiger partial charge in [-0.3, -0.25) is 9.69 Å².